The fourth-order valence-corrected chi connectivity index (χ4v) is 18.0. The number of nitrogens with zero attached hydrogens (tertiary/aromatic N) is 1. The molecule has 0 aromatic heterocycles. The van der Waals surface area contributed by atoms with Crippen LogP contribution in [0.1, 0.15) is 28.2 Å². The first-order valence-corrected chi connectivity index (χ1v) is 23.8. The van der Waals surface area contributed by atoms with E-state index in [4.69, 9.17) is 0 Å². The molecule has 0 aliphatic carbocycles. The maximum atomic E-state index is 15.8. The van der Waals surface area contributed by atoms with Crippen molar-refractivity contribution in [3.05, 3.63) is 132 Å². The standard InChI is InChI=1S/C27H25NOP.3CH3.Sn/c1-23(25-16-8-3-9-17-25)28(22-24-14-6-2-7-15-24)30(29,26-18-10-4-11-19-26)27-20-12-5-13-21-27;;;;/h2-23H,1H3;3*1H3;/t23-;;;;/m0..../s1. The number of benzene rings is 4. The summed E-state index contributed by atoms with van der Waals surface area (Å²) in [4.78, 5) is 7.37. The van der Waals surface area contributed by atoms with E-state index in [1.54, 1.807) is 0 Å². The minimum absolute atomic E-state index is 0.0337. The molecule has 0 aliphatic heterocycles. The molecule has 0 fully saturated rings. The Morgan fingerprint density at radius 2 is 0.941 bits per heavy atom. The first-order chi connectivity index (χ1) is 16.3. The van der Waals surface area contributed by atoms with Gasteiger partial charge in [-0.1, -0.05) is 0 Å². The molecular weight excluding hydrogens is 540 g/mol. The van der Waals surface area contributed by atoms with Gasteiger partial charge in [0.15, 0.2) is 0 Å². The fraction of sp³-hybridized carbons (Fsp3) is 0.200. The Kier molecular flexibility index (Phi) is 7.82. The Labute approximate surface area is 209 Å². The van der Waals surface area contributed by atoms with Gasteiger partial charge in [0, 0.05) is 0 Å². The van der Waals surface area contributed by atoms with Crippen LogP contribution in [0.5, 0.6) is 0 Å². The molecule has 0 spiro atoms. The minimum atomic E-state index is -3.19. The second kappa shape index (κ2) is 10.6. The molecule has 34 heavy (non-hydrogen) atoms. The van der Waals surface area contributed by atoms with Crippen molar-refractivity contribution >= 4 is 36.3 Å². The molecule has 174 valence electrons. The summed E-state index contributed by atoms with van der Waals surface area (Å²) in [6.07, 6.45) is 0. The van der Waals surface area contributed by atoms with E-state index >= 15 is 4.57 Å². The number of hydrogen-bond acceptors (Lipinski definition) is 1. The van der Waals surface area contributed by atoms with Crippen molar-refractivity contribution in [2.24, 2.45) is 0 Å². The SMILES string of the molecule is C[C@@H](c1ccccc1)N([CH](c1ccccc1)[Sn]([CH3])([CH3])[CH3])P(=O)(c1ccccc1)c1ccccc1. The number of hydrogen-bond donors (Lipinski definition) is 0. The van der Waals surface area contributed by atoms with Crippen LogP contribution in [0.3, 0.4) is 0 Å². The van der Waals surface area contributed by atoms with Crippen LogP contribution in [0, 0.1) is 0 Å². The van der Waals surface area contributed by atoms with Crippen LogP contribution in [0.4, 0.5) is 0 Å². The second-order valence-corrected chi connectivity index (χ2v) is 27.6. The zero-order valence-corrected chi connectivity index (χ0v) is 24.3. The Balaban J connectivity index is 2.05. The van der Waals surface area contributed by atoms with E-state index in [2.05, 4.69) is 81.0 Å². The van der Waals surface area contributed by atoms with Crippen LogP contribution in [0.2, 0.25) is 14.8 Å². The molecule has 4 heteroatoms. The van der Waals surface area contributed by atoms with E-state index < -0.39 is 25.7 Å². The zero-order valence-electron chi connectivity index (χ0n) is 20.5. The van der Waals surface area contributed by atoms with E-state index in [0.29, 0.717) is 0 Å². The predicted molar refractivity (Wildman–Crippen MR) is 149 cm³/mol. The second-order valence-electron chi connectivity index (χ2n) is 9.89. The summed E-state index contributed by atoms with van der Waals surface area (Å²) < 4.78 is 18.3. The summed E-state index contributed by atoms with van der Waals surface area (Å²) in [7, 11) is -3.19. The summed E-state index contributed by atoms with van der Waals surface area (Å²) >= 11 is -2.79. The molecule has 0 amide bonds. The van der Waals surface area contributed by atoms with Crippen LogP contribution in [0.15, 0.2) is 121 Å². The quantitative estimate of drug-likeness (QED) is 0.160. The van der Waals surface area contributed by atoms with Crippen LogP contribution in [0.25, 0.3) is 0 Å². The van der Waals surface area contributed by atoms with Crippen LogP contribution in [-0.4, -0.2) is 23.0 Å². The zero-order chi connectivity index (χ0) is 24.2. The average Bonchev–Trinajstić information content (AvgIpc) is 2.88. The Morgan fingerprint density at radius 3 is 1.32 bits per heavy atom. The van der Waals surface area contributed by atoms with Crippen molar-refractivity contribution in [3.8, 4) is 0 Å². The molecular formula is C30H34NOPSn. The van der Waals surface area contributed by atoms with Crippen molar-refractivity contribution in [1.29, 1.82) is 0 Å². The normalized spacial score (nSPS) is 14.0. The molecule has 0 heterocycles. The average molecular weight is 574 g/mol. The molecule has 0 N–H and O–H groups in total. The molecule has 1 unspecified atom stereocenters. The summed E-state index contributed by atoms with van der Waals surface area (Å²) in [6, 6.07) is 41.4. The van der Waals surface area contributed by atoms with Crippen molar-refractivity contribution in [3.63, 3.8) is 0 Å². The van der Waals surface area contributed by atoms with Gasteiger partial charge in [-0.25, -0.2) is 0 Å². The Hall–Kier alpha value is -2.13. The van der Waals surface area contributed by atoms with Gasteiger partial charge in [0.25, 0.3) is 0 Å². The van der Waals surface area contributed by atoms with Crippen molar-refractivity contribution < 1.29 is 4.57 Å². The van der Waals surface area contributed by atoms with Crippen molar-refractivity contribution in [2.45, 2.75) is 31.8 Å². The Bertz CT molecular complexity index is 1180. The van der Waals surface area contributed by atoms with E-state index in [1.165, 1.54) is 11.1 Å². The molecule has 2 nitrogen and oxygen atoms in total. The Morgan fingerprint density at radius 1 is 0.588 bits per heavy atom. The van der Waals surface area contributed by atoms with E-state index in [-0.39, 0.29) is 10.1 Å². The van der Waals surface area contributed by atoms with Gasteiger partial charge in [0.2, 0.25) is 0 Å². The molecule has 4 aromatic carbocycles. The van der Waals surface area contributed by atoms with Crippen LogP contribution < -0.4 is 10.6 Å². The molecule has 0 aliphatic rings. The van der Waals surface area contributed by atoms with Crippen molar-refractivity contribution in [1.82, 2.24) is 4.67 Å². The van der Waals surface area contributed by atoms with Gasteiger partial charge in [0.1, 0.15) is 0 Å². The molecule has 4 aromatic rings. The predicted octanol–water partition coefficient (Wildman–Crippen LogP) is 7.60. The number of rotatable bonds is 8. The molecule has 0 radical (unpaired) electrons. The topological polar surface area (TPSA) is 20.3 Å². The fourth-order valence-electron chi connectivity index (χ4n) is 4.88. The van der Waals surface area contributed by atoms with E-state index in [1.807, 2.05) is 66.7 Å². The van der Waals surface area contributed by atoms with Gasteiger partial charge in [-0.15, -0.1) is 0 Å². The van der Waals surface area contributed by atoms with Gasteiger partial charge in [-0.2, -0.15) is 0 Å². The maximum absolute atomic E-state index is 15.8. The van der Waals surface area contributed by atoms with Crippen LogP contribution in [-0.2, 0) is 4.57 Å². The first kappa shape index (κ1) is 25.0. The molecule has 4 rings (SSSR count). The third-order valence-corrected chi connectivity index (χ3v) is 16.7. The summed E-state index contributed by atoms with van der Waals surface area (Å²) in [6.45, 7) is 2.22. The third kappa shape index (κ3) is 5.10. The van der Waals surface area contributed by atoms with Crippen molar-refractivity contribution in [2.75, 3.05) is 0 Å². The van der Waals surface area contributed by atoms with Gasteiger partial charge < -0.3 is 0 Å². The monoisotopic (exact) mass is 575 g/mol. The summed E-state index contributed by atoms with van der Waals surface area (Å²) in [5, 5.41) is 1.78. The molecule has 0 saturated carbocycles. The van der Waals surface area contributed by atoms with Gasteiger partial charge in [-0.05, 0) is 0 Å². The molecule has 2 atom stereocenters. The first-order valence-electron chi connectivity index (χ1n) is 11.9. The van der Waals surface area contributed by atoms with Gasteiger partial charge in [-0.3, -0.25) is 0 Å². The van der Waals surface area contributed by atoms with Gasteiger partial charge in [0.05, 0.1) is 0 Å². The summed E-state index contributed by atoms with van der Waals surface area (Å²) in [5.41, 5.74) is 2.45. The van der Waals surface area contributed by atoms with E-state index in [0.717, 1.165) is 10.6 Å². The molecule has 0 saturated heterocycles. The van der Waals surface area contributed by atoms with Gasteiger partial charge >= 0.3 is 210 Å². The summed E-state index contributed by atoms with van der Waals surface area (Å²) in [5.74, 6) is 0. The third-order valence-electron chi connectivity index (χ3n) is 6.42. The van der Waals surface area contributed by atoms with Crippen LogP contribution >= 0.6 is 7.29 Å². The van der Waals surface area contributed by atoms with E-state index in [9.17, 15) is 0 Å². The molecule has 0 bridgehead atoms.